The Morgan fingerprint density at radius 3 is 2.76 bits per heavy atom. The Kier molecular flexibility index (Phi) is 4.59. The topological polar surface area (TPSA) is 75.1 Å². The standard InChI is InChI=1S/C11H19N3O2S/c1-5-6-8-9(17-14-13-8)10(16)12-11(3,4)7(2)15/h7,15H,5-6H2,1-4H3,(H,12,16). The first kappa shape index (κ1) is 14.1. The Morgan fingerprint density at radius 1 is 1.59 bits per heavy atom. The second-order valence-electron chi connectivity index (χ2n) is 4.65. The van der Waals surface area contributed by atoms with E-state index in [1.165, 1.54) is 0 Å². The molecule has 0 bridgehead atoms. The summed E-state index contributed by atoms with van der Waals surface area (Å²) in [5.74, 6) is -0.214. The van der Waals surface area contributed by atoms with E-state index in [-0.39, 0.29) is 5.91 Å². The van der Waals surface area contributed by atoms with Crippen molar-refractivity contribution >= 4 is 17.4 Å². The van der Waals surface area contributed by atoms with Crippen LogP contribution >= 0.6 is 11.5 Å². The van der Waals surface area contributed by atoms with E-state index in [0.717, 1.165) is 30.1 Å². The first-order valence-electron chi connectivity index (χ1n) is 5.70. The van der Waals surface area contributed by atoms with Gasteiger partial charge < -0.3 is 10.4 Å². The van der Waals surface area contributed by atoms with Crippen LogP contribution in [0, 0.1) is 0 Å². The lowest BCUT2D eigenvalue weighted by molar-refractivity contribution is 0.0712. The van der Waals surface area contributed by atoms with E-state index in [1.807, 2.05) is 6.92 Å². The second-order valence-corrected chi connectivity index (χ2v) is 5.40. The summed E-state index contributed by atoms with van der Waals surface area (Å²) in [5.41, 5.74) is 0.0706. The second kappa shape index (κ2) is 5.55. The minimum atomic E-state index is -0.662. The van der Waals surface area contributed by atoms with Gasteiger partial charge in [0.1, 0.15) is 4.88 Å². The Balaban J connectivity index is 2.80. The van der Waals surface area contributed by atoms with Crippen molar-refractivity contribution in [2.45, 2.75) is 52.2 Å². The van der Waals surface area contributed by atoms with Crippen LogP contribution in [0.1, 0.15) is 49.5 Å². The molecule has 1 atom stereocenters. The molecule has 1 rings (SSSR count). The van der Waals surface area contributed by atoms with Crippen LogP contribution < -0.4 is 5.32 Å². The summed E-state index contributed by atoms with van der Waals surface area (Å²) in [6.45, 7) is 7.24. The molecule has 1 aromatic rings. The highest BCUT2D eigenvalue weighted by molar-refractivity contribution is 7.08. The smallest absolute Gasteiger partial charge is 0.265 e. The van der Waals surface area contributed by atoms with Gasteiger partial charge in [0.2, 0.25) is 0 Å². The van der Waals surface area contributed by atoms with Crippen molar-refractivity contribution in [2.24, 2.45) is 0 Å². The molecule has 0 saturated heterocycles. The molecule has 0 saturated carbocycles. The molecule has 1 heterocycles. The van der Waals surface area contributed by atoms with Gasteiger partial charge in [0.25, 0.3) is 5.91 Å². The molecular weight excluding hydrogens is 238 g/mol. The summed E-state index contributed by atoms with van der Waals surface area (Å²) < 4.78 is 3.81. The maximum absolute atomic E-state index is 12.0. The van der Waals surface area contributed by atoms with E-state index in [4.69, 9.17) is 0 Å². The lowest BCUT2D eigenvalue weighted by Crippen LogP contribution is -2.50. The van der Waals surface area contributed by atoms with Crippen LogP contribution in [0.2, 0.25) is 0 Å². The van der Waals surface area contributed by atoms with Crippen LogP contribution in [-0.2, 0) is 6.42 Å². The normalized spacial score (nSPS) is 13.5. The number of carbonyl (C=O) groups excluding carboxylic acids is 1. The molecule has 0 aliphatic rings. The molecule has 1 aromatic heterocycles. The third-order valence-electron chi connectivity index (χ3n) is 2.73. The number of nitrogens with one attached hydrogen (secondary N) is 1. The molecule has 0 radical (unpaired) electrons. The fourth-order valence-corrected chi connectivity index (χ4v) is 1.84. The van der Waals surface area contributed by atoms with Gasteiger partial charge in [-0.15, -0.1) is 5.10 Å². The zero-order valence-electron chi connectivity index (χ0n) is 10.6. The molecule has 1 unspecified atom stereocenters. The predicted molar refractivity (Wildman–Crippen MR) is 67.1 cm³/mol. The third-order valence-corrected chi connectivity index (χ3v) is 3.50. The Morgan fingerprint density at radius 2 is 2.24 bits per heavy atom. The SMILES string of the molecule is CCCc1nnsc1C(=O)NC(C)(C)C(C)O. The van der Waals surface area contributed by atoms with Crippen LogP contribution in [0.25, 0.3) is 0 Å². The molecule has 0 aliphatic heterocycles. The summed E-state index contributed by atoms with van der Waals surface area (Å²) in [5, 5.41) is 16.3. The molecule has 6 heteroatoms. The van der Waals surface area contributed by atoms with Gasteiger partial charge >= 0.3 is 0 Å². The highest BCUT2D eigenvalue weighted by Crippen LogP contribution is 2.15. The number of nitrogens with zero attached hydrogens (tertiary/aromatic N) is 2. The maximum Gasteiger partial charge on any atom is 0.265 e. The van der Waals surface area contributed by atoms with Crippen molar-refractivity contribution in [1.82, 2.24) is 14.9 Å². The van der Waals surface area contributed by atoms with Crippen molar-refractivity contribution in [1.29, 1.82) is 0 Å². The first-order valence-corrected chi connectivity index (χ1v) is 6.47. The number of aromatic nitrogens is 2. The zero-order chi connectivity index (χ0) is 13.1. The Bertz CT molecular complexity index is 388. The first-order chi connectivity index (χ1) is 7.88. The minimum absolute atomic E-state index is 0.214. The van der Waals surface area contributed by atoms with Crippen molar-refractivity contribution < 1.29 is 9.90 Å². The Hall–Kier alpha value is -1.01. The Labute approximate surface area is 105 Å². The molecule has 96 valence electrons. The van der Waals surface area contributed by atoms with Gasteiger partial charge in [-0.25, -0.2) is 0 Å². The summed E-state index contributed by atoms with van der Waals surface area (Å²) in [7, 11) is 0. The van der Waals surface area contributed by atoms with Gasteiger partial charge in [0.05, 0.1) is 17.3 Å². The number of aryl methyl sites for hydroxylation is 1. The average molecular weight is 257 g/mol. The molecule has 1 amide bonds. The summed E-state index contributed by atoms with van der Waals surface area (Å²) >= 11 is 1.10. The van der Waals surface area contributed by atoms with Crippen LogP contribution in [0.4, 0.5) is 0 Å². The average Bonchev–Trinajstić information content (AvgIpc) is 2.65. The van der Waals surface area contributed by atoms with Gasteiger partial charge in [-0.2, -0.15) is 0 Å². The maximum atomic E-state index is 12.0. The number of hydrogen-bond donors (Lipinski definition) is 2. The summed E-state index contributed by atoms with van der Waals surface area (Å²) in [6.07, 6.45) is 1.04. The summed E-state index contributed by atoms with van der Waals surface area (Å²) in [6, 6.07) is 0. The minimum Gasteiger partial charge on any atom is -0.391 e. The monoisotopic (exact) mass is 257 g/mol. The number of rotatable bonds is 5. The van der Waals surface area contributed by atoms with Crippen LogP contribution in [0.15, 0.2) is 0 Å². The van der Waals surface area contributed by atoms with Crippen molar-refractivity contribution in [2.75, 3.05) is 0 Å². The highest BCUT2D eigenvalue weighted by Gasteiger charge is 2.28. The molecule has 0 aliphatic carbocycles. The quantitative estimate of drug-likeness (QED) is 0.835. The number of amides is 1. The van der Waals surface area contributed by atoms with Gasteiger partial charge in [-0.1, -0.05) is 17.8 Å². The number of carbonyl (C=O) groups is 1. The van der Waals surface area contributed by atoms with E-state index in [9.17, 15) is 9.90 Å². The van der Waals surface area contributed by atoms with E-state index in [1.54, 1.807) is 20.8 Å². The predicted octanol–water partition coefficient (Wildman–Crippen LogP) is 1.38. The fraction of sp³-hybridized carbons (Fsp3) is 0.727. The molecule has 0 spiro atoms. The lowest BCUT2D eigenvalue weighted by atomic mass is 9.98. The van der Waals surface area contributed by atoms with Gasteiger partial charge in [0, 0.05) is 0 Å². The zero-order valence-corrected chi connectivity index (χ0v) is 11.5. The summed E-state index contributed by atoms with van der Waals surface area (Å²) in [4.78, 5) is 12.6. The van der Waals surface area contributed by atoms with Gasteiger partial charge in [0.15, 0.2) is 0 Å². The van der Waals surface area contributed by atoms with Crippen molar-refractivity contribution in [3.05, 3.63) is 10.6 Å². The van der Waals surface area contributed by atoms with E-state index in [0.29, 0.717) is 4.88 Å². The molecular formula is C11H19N3O2S. The van der Waals surface area contributed by atoms with Crippen molar-refractivity contribution in [3.8, 4) is 0 Å². The number of aliphatic hydroxyl groups excluding tert-OH is 1. The van der Waals surface area contributed by atoms with Crippen LogP contribution in [-0.4, -0.2) is 32.2 Å². The number of aliphatic hydroxyl groups is 1. The largest absolute Gasteiger partial charge is 0.391 e. The molecule has 0 aromatic carbocycles. The molecule has 17 heavy (non-hydrogen) atoms. The van der Waals surface area contributed by atoms with Gasteiger partial charge in [-0.3, -0.25) is 4.79 Å². The van der Waals surface area contributed by atoms with Crippen molar-refractivity contribution in [3.63, 3.8) is 0 Å². The molecule has 5 nitrogen and oxygen atoms in total. The van der Waals surface area contributed by atoms with E-state index < -0.39 is 11.6 Å². The van der Waals surface area contributed by atoms with Gasteiger partial charge in [-0.05, 0) is 38.7 Å². The van der Waals surface area contributed by atoms with Crippen LogP contribution in [0.3, 0.4) is 0 Å². The lowest BCUT2D eigenvalue weighted by Gasteiger charge is -2.29. The van der Waals surface area contributed by atoms with E-state index >= 15 is 0 Å². The highest BCUT2D eigenvalue weighted by atomic mass is 32.1. The number of hydrogen-bond acceptors (Lipinski definition) is 5. The molecule has 2 N–H and O–H groups in total. The van der Waals surface area contributed by atoms with E-state index in [2.05, 4.69) is 14.9 Å². The molecule has 0 fully saturated rings. The van der Waals surface area contributed by atoms with Crippen LogP contribution in [0.5, 0.6) is 0 Å². The third kappa shape index (κ3) is 3.47. The fourth-order valence-electron chi connectivity index (χ4n) is 1.24.